The molecule has 0 atom stereocenters. The van der Waals surface area contributed by atoms with Gasteiger partial charge in [-0.3, -0.25) is 9.59 Å². The molecular formula is C12H14N2O3S. The van der Waals surface area contributed by atoms with Crippen LogP contribution in [0, 0.1) is 18.3 Å². The number of rotatable bonds is 4. The number of carbonyl (C=O) groups is 1. The molecule has 0 radical (unpaired) electrons. The van der Waals surface area contributed by atoms with E-state index in [-0.39, 0.29) is 23.4 Å². The number of nitrogens with zero attached hydrogens (tertiary/aromatic N) is 1. The van der Waals surface area contributed by atoms with E-state index < -0.39 is 0 Å². The van der Waals surface area contributed by atoms with Gasteiger partial charge < -0.3 is 9.72 Å². The van der Waals surface area contributed by atoms with Gasteiger partial charge >= 0.3 is 5.97 Å². The Labute approximate surface area is 109 Å². The molecule has 0 aliphatic heterocycles. The van der Waals surface area contributed by atoms with E-state index in [0.717, 1.165) is 11.8 Å². The van der Waals surface area contributed by atoms with E-state index in [0.29, 0.717) is 16.2 Å². The number of aryl methyl sites for hydroxylation is 1. The third kappa shape index (κ3) is 3.93. The summed E-state index contributed by atoms with van der Waals surface area (Å²) in [4.78, 5) is 25.2. The van der Waals surface area contributed by atoms with Crippen LogP contribution < -0.4 is 5.56 Å². The van der Waals surface area contributed by atoms with E-state index in [1.165, 1.54) is 6.07 Å². The molecule has 18 heavy (non-hydrogen) atoms. The maximum absolute atomic E-state index is 11.4. The van der Waals surface area contributed by atoms with Crippen LogP contribution in [0.25, 0.3) is 0 Å². The number of hydrogen-bond acceptors (Lipinski definition) is 5. The van der Waals surface area contributed by atoms with Crippen molar-refractivity contribution in [3.63, 3.8) is 0 Å². The molecule has 0 fully saturated rings. The second kappa shape index (κ2) is 6.26. The van der Waals surface area contributed by atoms with Crippen LogP contribution in [0.5, 0.6) is 0 Å². The van der Waals surface area contributed by atoms with Crippen molar-refractivity contribution in [2.75, 3.05) is 5.75 Å². The van der Waals surface area contributed by atoms with Gasteiger partial charge in [0.1, 0.15) is 6.07 Å². The molecule has 0 bridgehead atoms. The van der Waals surface area contributed by atoms with Crippen LogP contribution in [0.15, 0.2) is 15.9 Å². The summed E-state index contributed by atoms with van der Waals surface area (Å²) in [6.07, 6.45) is -0.176. The Morgan fingerprint density at radius 3 is 2.83 bits per heavy atom. The first-order valence-corrected chi connectivity index (χ1v) is 6.39. The lowest BCUT2D eigenvalue weighted by Crippen LogP contribution is -2.14. The Bertz CT molecular complexity index is 543. The second-order valence-corrected chi connectivity index (χ2v) is 4.95. The third-order valence-corrected chi connectivity index (χ3v) is 2.99. The van der Waals surface area contributed by atoms with Gasteiger partial charge in [0.2, 0.25) is 5.56 Å². The standard InChI is InChI=1S/C12H14N2O3S/c1-7(2)17-11(16)6-18-12-9(5-13)8(3)4-10(15)14-12/h4,7H,6H2,1-3H3,(H,14,15). The molecular weight excluding hydrogens is 252 g/mol. The minimum Gasteiger partial charge on any atom is -0.462 e. The number of aromatic amines is 1. The summed E-state index contributed by atoms with van der Waals surface area (Å²) < 4.78 is 4.97. The van der Waals surface area contributed by atoms with E-state index in [1.54, 1.807) is 20.8 Å². The minimum absolute atomic E-state index is 0.0618. The smallest absolute Gasteiger partial charge is 0.316 e. The molecule has 0 aliphatic rings. The zero-order chi connectivity index (χ0) is 13.7. The molecule has 0 unspecified atom stereocenters. The quantitative estimate of drug-likeness (QED) is 0.661. The summed E-state index contributed by atoms with van der Waals surface area (Å²) >= 11 is 1.10. The fourth-order valence-corrected chi connectivity index (χ4v) is 2.19. The molecule has 0 saturated heterocycles. The van der Waals surface area contributed by atoms with Crippen LogP contribution in [0.1, 0.15) is 25.0 Å². The average molecular weight is 266 g/mol. The van der Waals surface area contributed by atoms with Gasteiger partial charge in [0, 0.05) is 6.07 Å². The summed E-state index contributed by atoms with van der Waals surface area (Å²) in [5.74, 6) is -0.312. The number of ether oxygens (including phenoxy) is 1. The largest absolute Gasteiger partial charge is 0.462 e. The number of H-pyrrole nitrogens is 1. The number of aromatic nitrogens is 1. The maximum Gasteiger partial charge on any atom is 0.316 e. The van der Waals surface area contributed by atoms with Gasteiger partial charge in [-0.05, 0) is 26.3 Å². The minimum atomic E-state index is -0.374. The van der Waals surface area contributed by atoms with Gasteiger partial charge in [0.05, 0.1) is 22.4 Å². The number of carbonyl (C=O) groups excluding carboxylic acids is 1. The lowest BCUT2D eigenvalue weighted by atomic mass is 10.2. The van der Waals surface area contributed by atoms with Crippen LogP contribution in [0.4, 0.5) is 0 Å². The first-order valence-electron chi connectivity index (χ1n) is 5.40. The zero-order valence-corrected chi connectivity index (χ0v) is 11.3. The fourth-order valence-electron chi connectivity index (χ4n) is 1.33. The highest BCUT2D eigenvalue weighted by Crippen LogP contribution is 2.20. The van der Waals surface area contributed by atoms with Crippen LogP contribution in [0.3, 0.4) is 0 Å². The number of thioether (sulfide) groups is 1. The molecule has 0 aliphatic carbocycles. The van der Waals surface area contributed by atoms with Gasteiger partial charge in [-0.15, -0.1) is 0 Å². The molecule has 96 valence electrons. The molecule has 0 saturated carbocycles. The van der Waals surface area contributed by atoms with Crippen molar-refractivity contribution in [2.24, 2.45) is 0 Å². The van der Waals surface area contributed by atoms with Crippen LogP contribution in [-0.4, -0.2) is 22.8 Å². The van der Waals surface area contributed by atoms with Crippen molar-refractivity contribution in [2.45, 2.75) is 31.9 Å². The normalized spacial score (nSPS) is 10.2. The van der Waals surface area contributed by atoms with E-state index in [1.807, 2.05) is 6.07 Å². The molecule has 1 aromatic heterocycles. The molecule has 1 rings (SSSR count). The SMILES string of the molecule is Cc1cc(=O)[nH]c(SCC(=O)OC(C)C)c1C#N. The summed E-state index contributed by atoms with van der Waals surface area (Å²) in [6, 6.07) is 3.37. The van der Waals surface area contributed by atoms with E-state index >= 15 is 0 Å². The van der Waals surface area contributed by atoms with Crippen molar-refractivity contribution in [3.8, 4) is 6.07 Å². The zero-order valence-electron chi connectivity index (χ0n) is 10.4. The molecule has 6 heteroatoms. The lowest BCUT2D eigenvalue weighted by molar-refractivity contribution is -0.144. The van der Waals surface area contributed by atoms with Gasteiger partial charge in [0.15, 0.2) is 0 Å². The van der Waals surface area contributed by atoms with Crippen molar-refractivity contribution < 1.29 is 9.53 Å². The predicted octanol–water partition coefficient (Wildman–Crippen LogP) is 1.60. The first kappa shape index (κ1) is 14.3. The summed E-state index contributed by atoms with van der Waals surface area (Å²) in [5, 5.41) is 9.41. The van der Waals surface area contributed by atoms with Crippen molar-refractivity contribution in [3.05, 3.63) is 27.5 Å². The molecule has 1 N–H and O–H groups in total. The molecule has 1 aromatic rings. The number of nitrogens with one attached hydrogen (secondary N) is 1. The van der Waals surface area contributed by atoms with E-state index in [9.17, 15) is 9.59 Å². The summed E-state index contributed by atoms with van der Waals surface area (Å²) in [6.45, 7) is 5.21. The van der Waals surface area contributed by atoms with Gasteiger partial charge in [-0.1, -0.05) is 11.8 Å². The predicted molar refractivity (Wildman–Crippen MR) is 68.5 cm³/mol. The Morgan fingerprint density at radius 2 is 2.28 bits per heavy atom. The molecule has 5 nitrogen and oxygen atoms in total. The summed E-state index contributed by atoms with van der Waals surface area (Å²) in [5.41, 5.74) is 0.698. The first-order chi connectivity index (χ1) is 8.43. The van der Waals surface area contributed by atoms with Crippen molar-refractivity contribution in [1.82, 2.24) is 4.98 Å². The van der Waals surface area contributed by atoms with Gasteiger partial charge in [-0.25, -0.2) is 0 Å². The Morgan fingerprint density at radius 1 is 1.61 bits per heavy atom. The molecule has 0 aromatic carbocycles. The second-order valence-electron chi connectivity index (χ2n) is 3.96. The fraction of sp³-hybridized carbons (Fsp3) is 0.417. The van der Waals surface area contributed by atoms with Crippen LogP contribution in [0.2, 0.25) is 0 Å². The van der Waals surface area contributed by atoms with E-state index in [4.69, 9.17) is 10.00 Å². The number of nitriles is 1. The number of pyridine rings is 1. The maximum atomic E-state index is 11.4. The van der Waals surface area contributed by atoms with Gasteiger partial charge in [0.25, 0.3) is 0 Å². The number of esters is 1. The Balaban J connectivity index is 2.83. The molecule has 1 heterocycles. The summed E-state index contributed by atoms with van der Waals surface area (Å²) in [7, 11) is 0. The van der Waals surface area contributed by atoms with Crippen molar-refractivity contribution >= 4 is 17.7 Å². The average Bonchev–Trinajstić information content (AvgIpc) is 2.24. The topological polar surface area (TPSA) is 82.9 Å². The van der Waals surface area contributed by atoms with Crippen LogP contribution >= 0.6 is 11.8 Å². The highest BCUT2D eigenvalue weighted by Gasteiger charge is 2.12. The highest BCUT2D eigenvalue weighted by molar-refractivity contribution is 7.99. The van der Waals surface area contributed by atoms with Gasteiger partial charge in [-0.2, -0.15) is 5.26 Å². The van der Waals surface area contributed by atoms with Crippen molar-refractivity contribution in [1.29, 1.82) is 5.26 Å². The van der Waals surface area contributed by atoms with E-state index in [2.05, 4.69) is 4.98 Å². The Hall–Kier alpha value is -1.74. The lowest BCUT2D eigenvalue weighted by Gasteiger charge is -2.08. The molecule has 0 spiro atoms. The molecule has 0 amide bonds. The number of hydrogen-bond donors (Lipinski definition) is 1. The third-order valence-electron chi connectivity index (χ3n) is 2.02. The van der Waals surface area contributed by atoms with Crippen LogP contribution in [-0.2, 0) is 9.53 Å². The Kier molecular flexibility index (Phi) is 4.98. The highest BCUT2D eigenvalue weighted by atomic mass is 32.2. The monoisotopic (exact) mass is 266 g/mol.